The maximum Gasteiger partial charge on any atom is 0.331 e. The van der Waals surface area contributed by atoms with Crippen LogP contribution >= 0.6 is 23.2 Å². The first-order valence-electron chi connectivity index (χ1n) is 12.1. The van der Waals surface area contributed by atoms with Gasteiger partial charge in [-0.2, -0.15) is 9.67 Å². The molecular weight excluding hydrogens is 523 g/mol. The molecule has 0 fully saturated rings. The Bertz CT molecular complexity index is 1620. The van der Waals surface area contributed by atoms with E-state index >= 15 is 0 Å². The molecule has 2 aromatic heterocycles. The number of hydrogen-bond donors (Lipinski definition) is 0. The van der Waals surface area contributed by atoms with Crippen LogP contribution in [0.5, 0.6) is 5.88 Å². The van der Waals surface area contributed by atoms with Crippen molar-refractivity contribution in [1.82, 2.24) is 9.78 Å². The van der Waals surface area contributed by atoms with Crippen molar-refractivity contribution in [1.29, 1.82) is 0 Å². The number of aromatic nitrogens is 3. The standard InChI is InChI=1S/C29H24Cl2N4O3/c1-4-6-23-24(28(37)35(32-23)20-12-13-21(30)22(31)15-20)25-26(33-14-5-7-18(3)16-33)29(38)34(27(25)36)19-10-8-17(2)9-11-19/h5,7-16H,4,6H2,1-3H3. The largest absolute Gasteiger partial charge is 0.858 e. The predicted molar refractivity (Wildman–Crippen MR) is 145 cm³/mol. The molecular formula is C29H24Cl2N4O3. The minimum Gasteiger partial charge on any atom is -0.858 e. The maximum atomic E-state index is 14.0. The normalized spacial score (nSPS) is 13.7. The molecule has 2 amide bonds. The molecule has 0 radical (unpaired) electrons. The Hall–Kier alpha value is -3.94. The quantitative estimate of drug-likeness (QED) is 0.250. The van der Waals surface area contributed by atoms with E-state index in [4.69, 9.17) is 23.2 Å². The minimum atomic E-state index is -0.578. The van der Waals surface area contributed by atoms with Crippen LogP contribution in [-0.2, 0) is 16.0 Å². The van der Waals surface area contributed by atoms with E-state index in [-0.39, 0.29) is 21.9 Å². The number of halogens is 2. The molecule has 0 spiro atoms. The smallest absolute Gasteiger partial charge is 0.331 e. The van der Waals surface area contributed by atoms with Crippen molar-refractivity contribution in [2.45, 2.75) is 33.6 Å². The van der Waals surface area contributed by atoms with Gasteiger partial charge in [-0.05, 0) is 62.5 Å². The van der Waals surface area contributed by atoms with Gasteiger partial charge in [-0.1, -0.05) is 54.2 Å². The van der Waals surface area contributed by atoms with Gasteiger partial charge in [-0.15, -0.1) is 0 Å². The number of aryl methyl sites for hydroxylation is 3. The number of nitrogens with zero attached hydrogens (tertiary/aromatic N) is 4. The van der Waals surface area contributed by atoms with Crippen molar-refractivity contribution in [3.05, 3.63) is 99.4 Å². The van der Waals surface area contributed by atoms with Gasteiger partial charge >= 0.3 is 5.91 Å². The predicted octanol–water partition coefficient (Wildman–Crippen LogP) is 5.05. The van der Waals surface area contributed by atoms with Crippen LogP contribution in [0.15, 0.2) is 67.0 Å². The lowest BCUT2D eigenvalue weighted by molar-refractivity contribution is -0.577. The van der Waals surface area contributed by atoms with E-state index in [0.29, 0.717) is 34.9 Å². The molecule has 2 aromatic carbocycles. The van der Waals surface area contributed by atoms with Gasteiger partial charge in [0.2, 0.25) is 0 Å². The molecule has 5 rings (SSSR count). The first kappa shape index (κ1) is 25.7. The third-order valence-corrected chi connectivity index (χ3v) is 7.10. The summed E-state index contributed by atoms with van der Waals surface area (Å²) in [5.74, 6) is -1.61. The van der Waals surface area contributed by atoms with E-state index < -0.39 is 17.7 Å². The number of hydrogen-bond acceptors (Lipinski definition) is 4. The number of anilines is 1. The molecule has 0 saturated carbocycles. The highest BCUT2D eigenvalue weighted by Crippen LogP contribution is 2.39. The SMILES string of the molecule is CCCc1nn(-c2ccc(Cl)c(Cl)c2)c([O-])c1C1=C([n+]2cccc(C)c2)C(=O)N(c2ccc(C)cc2)C1=O. The van der Waals surface area contributed by atoms with Gasteiger partial charge in [-0.3, -0.25) is 9.59 Å². The van der Waals surface area contributed by atoms with E-state index in [1.165, 1.54) is 4.68 Å². The molecule has 0 N–H and O–H groups in total. The van der Waals surface area contributed by atoms with Crippen molar-refractivity contribution in [3.63, 3.8) is 0 Å². The Morgan fingerprint density at radius 3 is 2.29 bits per heavy atom. The number of carbonyl (C=O) groups excluding carboxylic acids is 2. The Kier molecular flexibility index (Phi) is 6.82. The third-order valence-electron chi connectivity index (χ3n) is 6.36. The molecule has 0 bridgehead atoms. The highest BCUT2D eigenvalue weighted by molar-refractivity contribution is 6.53. The maximum absolute atomic E-state index is 14.0. The molecule has 192 valence electrons. The van der Waals surface area contributed by atoms with Gasteiger partial charge in [0.05, 0.1) is 27.1 Å². The van der Waals surface area contributed by atoms with E-state index in [9.17, 15) is 14.7 Å². The molecule has 0 atom stereocenters. The zero-order valence-corrected chi connectivity index (χ0v) is 22.5. The average Bonchev–Trinajstić information content (AvgIpc) is 3.33. The summed E-state index contributed by atoms with van der Waals surface area (Å²) in [5.41, 5.74) is 3.36. The van der Waals surface area contributed by atoms with Crippen molar-refractivity contribution in [3.8, 4) is 11.6 Å². The topological polar surface area (TPSA) is 82.1 Å². The molecule has 0 unspecified atom stereocenters. The highest BCUT2D eigenvalue weighted by Gasteiger charge is 2.47. The summed E-state index contributed by atoms with van der Waals surface area (Å²) in [6, 6.07) is 15.5. The second-order valence-electron chi connectivity index (χ2n) is 9.18. The third kappa shape index (κ3) is 4.38. The molecule has 4 aromatic rings. The van der Waals surface area contributed by atoms with Crippen LogP contribution in [0.1, 0.15) is 35.7 Å². The minimum absolute atomic E-state index is 0.0194. The number of imide groups is 1. The summed E-state index contributed by atoms with van der Waals surface area (Å²) in [7, 11) is 0. The highest BCUT2D eigenvalue weighted by atomic mass is 35.5. The summed E-state index contributed by atoms with van der Waals surface area (Å²) in [5, 5.41) is 19.1. The van der Waals surface area contributed by atoms with Gasteiger partial charge in [0, 0.05) is 17.2 Å². The number of amides is 2. The zero-order valence-electron chi connectivity index (χ0n) is 21.0. The van der Waals surface area contributed by atoms with E-state index in [1.54, 1.807) is 53.4 Å². The van der Waals surface area contributed by atoms with Crippen molar-refractivity contribution in [2.24, 2.45) is 0 Å². The van der Waals surface area contributed by atoms with Gasteiger partial charge in [0.25, 0.3) is 11.6 Å². The van der Waals surface area contributed by atoms with Crippen LogP contribution in [0.25, 0.3) is 17.0 Å². The molecule has 7 nitrogen and oxygen atoms in total. The van der Waals surface area contributed by atoms with Crippen molar-refractivity contribution < 1.29 is 19.3 Å². The fourth-order valence-corrected chi connectivity index (χ4v) is 4.84. The Labute approximate surface area is 230 Å². The summed E-state index contributed by atoms with van der Waals surface area (Å²) in [4.78, 5) is 29.1. The van der Waals surface area contributed by atoms with Crippen molar-refractivity contribution >= 4 is 52.0 Å². The lowest BCUT2D eigenvalue weighted by Crippen LogP contribution is -2.39. The van der Waals surface area contributed by atoms with Crippen LogP contribution in [-0.4, -0.2) is 21.6 Å². The van der Waals surface area contributed by atoms with E-state index in [2.05, 4.69) is 5.10 Å². The van der Waals surface area contributed by atoms with Gasteiger partial charge in [0.15, 0.2) is 12.4 Å². The first-order chi connectivity index (χ1) is 18.2. The summed E-state index contributed by atoms with van der Waals surface area (Å²) < 4.78 is 2.81. The summed E-state index contributed by atoms with van der Waals surface area (Å²) in [6.45, 7) is 5.77. The molecule has 0 saturated heterocycles. The van der Waals surface area contributed by atoms with E-state index in [1.807, 2.05) is 39.0 Å². The second kappa shape index (κ2) is 10.1. The van der Waals surface area contributed by atoms with Gasteiger partial charge in [-0.25, -0.2) is 9.58 Å². The molecule has 0 aliphatic carbocycles. The van der Waals surface area contributed by atoms with E-state index in [0.717, 1.165) is 16.0 Å². The van der Waals surface area contributed by atoms with Crippen LogP contribution < -0.4 is 14.6 Å². The molecule has 1 aliphatic rings. The monoisotopic (exact) mass is 546 g/mol. The van der Waals surface area contributed by atoms with Gasteiger partial charge in [0.1, 0.15) is 5.57 Å². The number of benzene rings is 2. The lowest BCUT2D eigenvalue weighted by Gasteiger charge is -2.16. The molecule has 38 heavy (non-hydrogen) atoms. The van der Waals surface area contributed by atoms with Crippen LogP contribution in [0.2, 0.25) is 10.0 Å². The second-order valence-corrected chi connectivity index (χ2v) is 9.99. The Morgan fingerprint density at radius 2 is 1.63 bits per heavy atom. The first-order valence-corrected chi connectivity index (χ1v) is 12.9. The summed E-state index contributed by atoms with van der Waals surface area (Å²) in [6.07, 6.45) is 4.56. The number of rotatable bonds is 6. The Morgan fingerprint density at radius 1 is 0.921 bits per heavy atom. The zero-order chi connectivity index (χ0) is 27.1. The summed E-state index contributed by atoms with van der Waals surface area (Å²) >= 11 is 12.3. The van der Waals surface area contributed by atoms with Crippen molar-refractivity contribution in [2.75, 3.05) is 4.90 Å². The molecule has 3 heterocycles. The lowest BCUT2D eigenvalue weighted by atomic mass is 10.0. The number of carbonyl (C=O) groups is 2. The molecule has 9 heteroatoms. The number of pyridine rings is 1. The fourth-order valence-electron chi connectivity index (χ4n) is 4.54. The van der Waals surface area contributed by atoms with Gasteiger partial charge < -0.3 is 5.11 Å². The Balaban J connectivity index is 1.78. The fraction of sp³-hybridized carbons (Fsp3) is 0.172. The van der Waals surface area contributed by atoms with Crippen LogP contribution in [0.4, 0.5) is 5.69 Å². The molecule has 1 aliphatic heterocycles. The van der Waals surface area contributed by atoms with Crippen LogP contribution in [0, 0.1) is 13.8 Å². The van der Waals surface area contributed by atoms with Crippen LogP contribution in [0.3, 0.4) is 0 Å². The average molecular weight is 547 g/mol.